The van der Waals surface area contributed by atoms with E-state index in [4.69, 9.17) is 4.74 Å². The summed E-state index contributed by atoms with van der Waals surface area (Å²) in [5.41, 5.74) is 1.23. The van der Waals surface area contributed by atoms with E-state index in [-0.39, 0.29) is 11.4 Å². The molecule has 8 heteroatoms. The number of rotatable bonds is 6. The van der Waals surface area contributed by atoms with E-state index in [1.807, 2.05) is 54.6 Å². The summed E-state index contributed by atoms with van der Waals surface area (Å²) < 4.78 is 44.3. The molecule has 0 aliphatic carbocycles. The van der Waals surface area contributed by atoms with Crippen LogP contribution in [0.4, 0.5) is 18.9 Å². The third kappa shape index (κ3) is 5.33. The van der Waals surface area contributed by atoms with Crippen LogP contribution in [-0.2, 0) is 12.8 Å². The van der Waals surface area contributed by atoms with E-state index in [2.05, 4.69) is 10.3 Å². The number of aromatic nitrogens is 1. The number of benzene rings is 3. The fourth-order valence-electron chi connectivity index (χ4n) is 2.91. The first-order valence-corrected chi connectivity index (χ1v) is 10.5. The van der Waals surface area contributed by atoms with Gasteiger partial charge in [-0.05, 0) is 48.0 Å². The van der Waals surface area contributed by atoms with Crippen molar-refractivity contribution in [2.45, 2.75) is 12.8 Å². The van der Waals surface area contributed by atoms with Gasteiger partial charge in [0.25, 0.3) is 5.91 Å². The lowest BCUT2D eigenvalue weighted by atomic mass is 10.2. The number of halogens is 3. The fourth-order valence-corrected chi connectivity index (χ4v) is 3.72. The van der Waals surface area contributed by atoms with Crippen LogP contribution in [0.5, 0.6) is 5.75 Å². The molecule has 0 unspecified atom stereocenters. The topological polar surface area (TPSA) is 51.2 Å². The van der Waals surface area contributed by atoms with Crippen LogP contribution >= 0.6 is 11.3 Å². The molecule has 4 nitrogen and oxygen atoms in total. The van der Waals surface area contributed by atoms with Crippen molar-refractivity contribution in [3.05, 3.63) is 101 Å². The van der Waals surface area contributed by atoms with E-state index < -0.39 is 17.6 Å². The van der Waals surface area contributed by atoms with Gasteiger partial charge in [-0.15, -0.1) is 11.3 Å². The van der Waals surface area contributed by atoms with Crippen molar-refractivity contribution in [1.82, 2.24) is 4.98 Å². The maximum absolute atomic E-state index is 12.9. The summed E-state index contributed by atoms with van der Waals surface area (Å²) in [6.07, 6.45) is -4.48. The quantitative estimate of drug-likeness (QED) is 0.354. The zero-order chi connectivity index (χ0) is 22.6. The first kappa shape index (κ1) is 21.6. The number of nitrogens with one attached hydrogen (secondary N) is 1. The number of thiazole rings is 1. The Hall–Kier alpha value is -3.65. The summed E-state index contributed by atoms with van der Waals surface area (Å²) in [5.74, 6) is 0.131. The standard InChI is InChI=1S/C24H17F3N2O2S/c25-24(26,27)18-7-4-8-19(13-18)28-22(30)21-15-32-23(29-21)17-9-11-20(12-10-17)31-14-16-5-2-1-3-6-16/h1-13,15H,14H2,(H,28,30). The van der Waals surface area contributed by atoms with Crippen LogP contribution in [0.15, 0.2) is 84.2 Å². The minimum absolute atomic E-state index is 0.0549. The molecule has 0 radical (unpaired) electrons. The van der Waals surface area contributed by atoms with E-state index in [1.54, 1.807) is 5.38 Å². The number of ether oxygens (including phenoxy) is 1. The molecule has 0 saturated heterocycles. The van der Waals surface area contributed by atoms with Crippen LogP contribution in [0.3, 0.4) is 0 Å². The van der Waals surface area contributed by atoms with Crippen molar-refractivity contribution in [2.24, 2.45) is 0 Å². The van der Waals surface area contributed by atoms with Crippen LogP contribution in [0.2, 0.25) is 0 Å². The monoisotopic (exact) mass is 454 g/mol. The van der Waals surface area contributed by atoms with Gasteiger partial charge in [-0.2, -0.15) is 13.2 Å². The van der Waals surface area contributed by atoms with Gasteiger partial charge in [0.15, 0.2) is 0 Å². The zero-order valence-corrected chi connectivity index (χ0v) is 17.4. The highest BCUT2D eigenvalue weighted by Gasteiger charge is 2.30. The molecule has 1 N–H and O–H groups in total. The Morgan fingerprint density at radius 1 is 0.969 bits per heavy atom. The van der Waals surface area contributed by atoms with Gasteiger partial charge in [0.1, 0.15) is 23.1 Å². The predicted octanol–water partition coefficient (Wildman–Crippen LogP) is 6.66. The molecule has 0 aliphatic rings. The third-order valence-corrected chi connectivity index (χ3v) is 5.43. The first-order chi connectivity index (χ1) is 15.4. The van der Waals surface area contributed by atoms with E-state index in [0.29, 0.717) is 17.4 Å². The van der Waals surface area contributed by atoms with E-state index >= 15 is 0 Å². The second kappa shape index (κ2) is 9.23. The van der Waals surface area contributed by atoms with E-state index in [0.717, 1.165) is 23.3 Å². The average Bonchev–Trinajstić information content (AvgIpc) is 3.29. The number of hydrogen-bond donors (Lipinski definition) is 1. The van der Waals surface area contributed by atoms with Crippen LogP contribution in [-0.4, -0.2) is 10.9 Å². The Kier molecular flexibility index (Phi) is 6.23. The number of amides is 1. The van der Waals surface area contributed by atoms with Crippen LogP contribution in [0.1, 0.15) is 21.6 Å². The predicted molar refractivity (Wildman–Crippen MR) is 118 cm³/mol. The fraction of sp³-hybridized carbons (Fsp3) is 0.0833. The van der Waals surface area contributed by atoms with Gasteiger partial charge in [-0.3, -0.25) is 4.79 Å². The van der Waals surface area contributed by atoms with Gasteiger partial charge < -0.3 is 10.1 Å². The molecular weight excluding hydrogens is 437 g/mol. The highest BCUT2D eigenvalue weighted by atomic mass is 32.1. The molecule has 0 atom stereocenters. The highest BCUT2D eigenvalue weighted by Crippen LogP contribution is 2.31. The summed E-state index contributed by atoms with van der Waals surface area (Å²) in [6, 6.07) is 21.6. The van der Waals surface area contributed by atoms with Gasteiger partial charge in [-0.1, -0.05) is 36.4 Å². The van der Waals surface area contributed by atoms with Gasteiger partial charge in [0.05, 0.1) is 5.56 Å². The molecule has 0 saturated carbocycles. The van der Waals surface area contributed by atoms with Crippen molar-refractivity contribution in [2.75, 3.05) is 5.32 Å². The van der Waals surface area contributed by atoms with Crippen LogP contribution < -0.4 is 10.1 Å². The van der Waals surface area contributed by atoms with Crippen molar-refractivity contribution < 1.29 is 22.7 Å². The lowest BCUT2D eigenvalue weighted by Gasteiger charge is -2.09. The molecule has 0 spiro atoms. The number of nitrogens with zero attached hydrogens (tertiary/aromatic N) is 1. The number of alkyl halides is 3. The Balaban J connectivity index is 1.40. The minimum atomic E-state index is -4.48. The Labute approximate surface area is 186 Å². The van der Waals surface area contributed by atoms with Gasteiger partial charge in [0.2, 0.25) is 0 Å². The molecule has 4 rings (SSSR count). The van der Waals surface area contributed by atoms with E-state index in [1.165, 1.54) is 23.5 Å². The molecular formula is C24H17F3N2O2S. The van der Waals surface area contributed by atoms with Gasteiger partial charge >= 0.3 is 6.18 Å². The number of carbonyl (C=O) groups excluding carboxylic acids is 1. The smallest absolute Gasteiger partial charge is 0.416 e. The molecule has 32 heavy (non-hydrogen) atoms. The molecule has 4 aromatic rings. The summed E-state index contributed by atoms with van der Waals surface area (Å²) in [4.78, 5) is 16.7. The second-order valence-corrected chi connectivity index (χ2v) is 7.73. The normalized spacial score (nSPS) is 11.2. The molecule has 1 amide bonds. The van der Waals surface area contributed by atoms with Crippen molar-refractivity contribution in [3.63, 3.8) is 0 Å². The Bertz CT molecular complexity index is 1210. The molecule has 0 bridgehead atoms. The largest absolute Gasteiger partial charge is 0.489 e. The SMILES string of the molecule is O=C(Nc1cccc(C(F)(F)F)c1)c1csc(-c2ccc(OCc3ccccc3)cc2)n1. The van der Waals surface area contributed by atoms with Crippen LogP contribution in [0, 0.1) is 0 Å². The summed E-state index contributed by atoms with van der Waals surface area (Å²) in [6.45, 7) is 0.456. The molecule has 1 heterocycles. The number of carbonyl (C=O) groups is 1. The van der Waals surface area contributed by atoms with E-state index in [9.17, 15) is 18.0 Å². The lowest BCUT2D eigenvalue weighted by Crippen LogP contribution is -2.13. The van der Waals surface area contributed by atoms with Gasteiger partial charge in [0, 0.05) is 16.6 Å². The zero-order valence-electron chi connectivity index (χ0n) is 16.6. The summed E-state index contributed by atoms with van der Waals surface area (Å²) in [7, 11) is 0. The maximum atomic E-state index is 12.9. The Morgan fingerprint density at radius 3 is 2.44 bits per heavy atom. The van der Waals surface area contributed by atoms with Crippen molar-refractivity contribution in [1.29, 1.82) is 0 Å². The summed E-state index contributed by atoms with van der Waals surface area (Å²) in [5, 5.41) is 4.65. The second-order valence-electron chi connectivity index (χ2n) is 6.87. The molecule has 1 aromatic heterocycles. The highest BCUT2D eigenvalue weighted by molar-refractivity contribution is 7.13. The first-order valence-electron chi connectivity index (χ1n) is 9.60. The molecule has 3 aromatic carbocycles. The van der Waals surface area contributed by atoms with Crippen LogP contribution in [0.25, 0.3) is 10.6 Å². The summed E-state index contributed by atoms with van der Waals surface area (Å²) >= 11 is 1.27. The molecule has 162 valence electrons. The minimum Gasteiger partial charge on any atom is -0.489 e. The number of hydrogen-bond acceptors (Lipinski definition) is 4. The average molecular weight is 454 g/mol. The van der Waals surface area contributed by atoms with Gasteiger partial charge in [-0.25, -0.2) is 4.98 Å². The Morgan fingerprint density at radius 2 is 1.72 bits per heavy atom. The number of anilines is 1. The molecule has 0 aliphatic heterocycles. The maximum Gasteiger partial charge on any atom is 0.416 e. The lowest BCUT2D eigenvalue weighted by molar-refractivity contribution is -0.137. The third-order valence-electron chi connectivity index (χ3n) is 4.53. The van der Waals surface area contributed by atoms with Crippen molar-refractivity contribution in [3.8, 4) is 16.3 Å². The molecule has 0 fully saturated rings. The van der Waals surface area contributed by atoms with Crippen molar-refractivity contribution >= 4 is 22.9 Å².